The quantitative estimate of drug-likeness (QED) is 0.302. The van der Waals surface area contributed by atoms with Gasteiger partial charge in [-0.25, -0.2) is 4.39 Å². The predicted molar refractivity (Wildman–Crippen MR) is 133 cm³/mol. The number of aryl methyl sites for hydroxylation is 1. The van der Waals surface area contributed by atoms with Crippen molar-refractivity contribution in [1.82, 2.24) is 0 Å². The van der Waals surface area contributed by atoms with Gasteiger partial charge in [0.2, 0.25) is 5.91 Å². The van der Waals surface area contributed by atoms with Gasteiger partial charge in [0.1, 0.15) is 22.9 Å². The lowest BCUT2D eigenvalue weighted by molar-refractivity contribution is -0.111. The first kappa shape index (κ1) is 23.1. The van der Waals surface area contributed by atoms with Crippen LogP contribution in [0.3, 0.4) is 0 Å². The zero-order valence-electron chi connectivity index (χ0n) is 19.6. The molecule has 1 aromatic heterocycles. The van der Waals surface area contributed by atoms with E-state index in [0.717, 1.165) is 33.2 Å². The lowest BCUT2D eigenvalue weighted by Crippen LogP contribution is -2.10. The van der Waals surface area contributed by atoms with Crippen LogP contribution in [0, 0.1) is 12.7 Å². The van der Waals surface area contributed by atoms with E-state index < -0.39 is 0 Å². The van der Waals surface area contributed by atoms with Gasteiger partial charge in [-0.15, -0.1) is 0 Å². The molecule has 0 radical (unpaired) electrons. The van der Waals surface area contributed by atoms with E-state index in [9.17, 15) is 9.18 Å². The zero-order valence-corrected chi connectivity index (χ0v) is 19.6. The summed E-state index contributed by atoms with van der Waals surface area (Å²) in [6.07, 6.45) is 3.18. The van der Waals surface area contributed by atoms with Crippen LogP contribution >= 0.6 is 0 Å². The van der Waals surface area contributed by atoms with Gasteiger partial charge in [0, 0.05) is 28.7 Å². The Morgan fingerprint density at radius 1 is 1.09 bits per heavy atom. The van der Waals surface area contributed by atoms with Crippen LogP contribution in [0.1, 0.15) is 25.0 Å². The molecular weight excluding hydrogens is 433 g/mol. The molecule has 0 spiro atoms. The molecule has 6 heteroatoms. The summed E-state index contributed by atoms with van der Waals surface area (Å²) in [4.78, 5) is 12.8. The van der Waals surface area contributed by atoms with E-state index in [-0.39, 0.29) is 11.7 Å². The van der Waals surface area contributed by atoms with Crippen molar-refractivity contribution >= 4 is 28.1 Å². The maximum Gasteiger partial charge on any atom is 0.248 e. The molecule has 3 aromatic carbocycles. The van der Waals surface area contributed by atoms with Gasteiger partial charge in [-0.2, -0.15) is 0 Å². The Labute approximate surface area is 197 Å². The van der Waals surface area contributed by atoms with E-state index in [1.54, 1.807) is 25.5 Å². The first-order valence-corrected chi connectivity index (χ1v) is 11.0. The molecule has 0 aliphatic heterocycles. The van der Waals surface area contributed by atoms with Gasteiger partial charge in [-0.05, 0) is 67.8 Å². The fourth-order valence-corrected chi connectivity index (χ4v) is 3.85. The van der Waals surface area contributed by atoms with Crippen LogP contribution in [-0.4, -0.2) is 19.6 Å². The van der Waals surface area contributed by atoms with E-state index in [2.05, 4.69) is 5.32 Å². The zero-order chi connectivity index (χ0) is 24.2. The largest absolute Gasteiger partial charge is 0.495 e. The summed E-state index contributed by atoms with van der Waals surface area (Å²) >= 11 is 0. The number of rotatable bonds is 7. The summed E-state index contributed by atoms with van der Waals surface area (Å²) in [6.45, 7) is 6.16. The first-order valence-electron chi connectivity index (χ1n) is 11.0. The van der Waals surface area contributed by atoms with Crippen molar-refractivity contribution in [3.05, 3.63) is 83.9 Å². The molecule has 1 heterocycles. The molecule has 0 aliphatic rings. The third-order valence-electron chi connectivity index (χ3n) is 5.52. The molecule has 1 amide bonds. The number of halogens is 1. The van der Waals surface area contributed by atoms with Crippen LogP contribution in [0.2, 0.25) is 0 Å². The van der Waals surface area contributed by atoms with Crippen molar-refractivity contribution < 1.29 is 23.1 Å². The monoisotopic (exact) mass is 459 g/mol. The highest BCUT2D eigenvalue weighted by Gasteiger charge is 2.16. The van der Waals surface area contributed by atoms with Crippen molar-refractivity contribution in [3.8, 4) is 22.6 Å². The second kappa shape index (κ2) is 9.83. The Bertz CT molecular complexity index is 1370. The highest BCUT2D eigenvalue weighted by Crippen LogP contribution is 2.37. The summed E-state index contributed by atoms with van der Waals surface area (Å²) in [5.41, 5.74) is 5.42. The van der Waals surface area contributed by atoms with Crippen molar-refractivity contribution in [3.63, 3.8) is 0 Å². The Balaban J connectivity index is 1.72. The lowest BCUT2D eigenvalue weighted by Gasteiger charge is -2.13. The maximum absolute atomic E-state index is 13.4. The van der Waals surface area contributed by atoms with E-state index >= 15 is 0 Å². The Hall–Kier alpha value is -4.06. The van der Waals surface area contributed by atoms with Crippen LogP contribution in [-0.2, 0) is 4.79 Å². The minimum atomic E-state index is -0.300. The molecule has 0 saturated heterocycles. The van der Waals surface area contributed by atoms with Gasteiger partial charge in [0.15, 0.2) is 0 Å². The van der Waals surface area contributed by atoms with Crippen molar-refractivity contribution in [2.45, 2.75) is 20.8 Å². The van der Waals surface area contributed by atoms with Gasteiger partial charge in [-0.3, -0.25) is 4.79 Å². The number of hydrogen-bond donors (Lipinski definition) is 1. The number of benzene rings is 3. The number of fused-ring (bicyclic) bond motifs is 1. The van der Waals surface area contributed by atoms with E-state index in [1.165, 1.54) is 18.2 Å². The predicted octanol–water partition coefficient (Wildman–Crippen LogP) is 7.00. The minimum absolute atomic E-state index is 0.283. The molecule has 4 aromatic rings. The van der Waals surface area contributed by atoms with Crippen LogP contribution in [0.4, 0.5) is 10.1 Å². The molecule has 0 atom stereocenters. The van der Waals surface area contributed by atoms with Crippen LogP contribution in [0.25, 0.3) is 27.7 Å². The van der Waals surface area contributed by atoms with Crippen molar-refractivity contribution in [2.24, 2.45) is 0 Å². The standard InChI is InChI=1S/C28H26FNO4/c1-5-33-26-15-27-22(23(16-34-27)19-7-9-20(29)10-8-19)14-21(26)18(3)13-28(31)30-24-12-17(2)6-11-25(24)32-4/h6-16H,5H2,1-4H3,(H,30,31)/b18-13+. The summed E-state index contributed by atoms with van der Waals surface area (Å²) in [7, 11) is 1.56. The fraction of sp³-hybridized carbons (Fsp3) is 0.179. The molecule has 4 rings (SSSR count). The second-order valence-electron chi connectivity index (χ2n) is 7.95. The lowest BCUT2D eigenvalue weighted by atomic mass is 9.99. The summed E-state index contributed by atoms with van der Waals surface area (Å²) in [6, 6.07) is 15.6. The number of amides is 1. The summed E-state index contributed by atoms with van der Waals surface area (Å²) in [5, 5.41) is 3.74. The molecule has 34 heavy (non-hydrogen) atoms. The van der Waals surface area contributed by atoms with Gasteiger partial charge in [-0.1, -0.05) is 18.2 Å². The normalized spacial score (nSPS) is 11.5. The van der Waals surface area contributed by atoms with E-state index in [1.807, 2.05) is 51.1 Å². The maximum atomic E-state index is 13.4. The molecule has 1 N–H and O–H groups in total. The van der Waals surface area contributed by atoms with E-state index in [4.69, 9.17) is 13.9 Å². The van der Waals surface area contributed by atoms with Gasteiger partial charge in [0.25, 0.3) is 0 Å². The fourth-order valence-electron chi connectivity index (χ4n) is 3.85. The second-order valence-corrected chi connectivity index (χ2v) is 7.95. The Morgan fingerprint density at radius 3 is 2.56 bits per heavy atom. The van der Waals surface area contributed by atoms with Gasteiger partial charge >= 0.3 is 0 Å². The van der Waals surface area contributed by atoms with Gasteiger partial charge in [0.05, 0.1) is 25.7 Å². The summed E-state index contributed by atoms with van der Waals surface area (Å²) in [5.74, 6) is 0.620. The number of ether oxygens (including phenoxy) is 2. The highest BCUT2D eigenvalue weighted by molar-refractivity contribution is 6.06. The molecule has 5 nitrogen and oxygen atoms in total. The third kappa shape index (κ3) is 4.81. The number of carbonyl (C=O) groups is 1. The molecule has 0 aliphatic carbocycles. The van der Waals surface area contributed by atoms with E-state index in [0.29, 0.717) is 29.4 Å². The average molecular weight is 460 g/mol. The van der Waals surface area contributed by atoms with Crippen molar-refractivity contribution in [2.75, 3.05) is 19.0 Å². The number of nitrogens with one attached hydrogen (secondary N) is 1. The molecule has 0 saturated carbocycles. The molecule has 0 bridgehead atoms. The molecule has 0 unspecified atom stereocenters. The minimum Gasteiger partial charge on any atom is -0.495 e. The number of hydrogen-bond acceptors (Lipinski definition) is 4. The number of anilines is 1. The van der Waals surface area contributed by atoms with Crippen LogP contribution in [0.5, 0.6) is 11.5 Å². The highest BCUT2D eigenvalue weighted by atomic mass is 19.1. The smallest absolute Gasteiger partial charge is 0.248 e. The van der Waals surface area contributed by atoms with Crippen LogP contribution < -0.4 is 14.8 Å². The Kier molecular flexibility index (Phi) is 6.68. The third-order valence-corrected chi connectivity index (χ3v) is 5.52. The number of allylic oxidation sites excluding steroid dienone is 1. The SMILES string of the molecule is CCOc1cc2occ(-c3ccc(F)cc3)c2cc1/C(C)=C/C(=O)Nc1cc(C)ccc1OC. The summed E-state index contributed by atoms with van der Waals surface area (Å²) < 4.78 is 30.4. The number of carbonyl (C=O) groups excluding carboxylic acids is 1. The van der Waals surface area contributed by atoms with Gasteiger partial charge < -0.3 is 19.2 Å². The molecule has 174 valence electrons. The van der Waals surface area contributed by atoms with Crippen molar-refractivity contribution in [1.29, 1.82) is 0 Å². The average Bonchev–Trinajstić information content (AvgIpc) is 3.22. The Morgan fingerprint density at radius 2 is 1.85 bits per heavy atom. The first-order chi connectivity index (χ1) is 16.4. The molecule has 0 fully saturated rings. The molecular formula is C28H26FNO4. The number of furan rings is 1. The van der Waals surface area contributed by atoms with Crippen LogP contribution in [0.15, 0.2) is 71.4 Å². The topological polar surface area (TPSA) is 60.7 Å². The number of methoxy groups -OCH3 is 1.